The van der Waals surface area contributed by atoms with E-state index in [1.54, 1.807) is 0 Å². The molecule has 0 radical (unpaired) electrons. The number of ketones is 2. The van der Waals surface area contributed by atoms with E-state index >= 15 is 0 Å². The van der Waals surface area contributed by atoms with Crippen molar-refractivity contribution in [3.8, 4) is 17.2 Å². The van der Waals surface area contributed by atoms with Crippen LogP contribution >= 0.6 is 0 Å². The van der Waals surface area contributed by atoms with Crippen molar-refractivity contribution in [2.75, 3.05) is 6.61 Å². The highest BCUT2D eigenvalue weighted by Crippen LogP contribution is 2.53. The van der Waals surface area contributed by atoms with E-state index in [9.17, 15) is 24.9 Å². The minimum Gasteiger partial charge on any atom is -0.511 e. The average molecular weight is 334 g/mol. The van der Waals surface area contributed by atoms with Gasteiger partial charge in [-0.15, -0.1) is 0 Å². The highest BCUT2D eigenvalue weighted by Gasteiger charge is 2.47. The first-order chi connectivity index (χ1) is 11.2. The van der Waals surface area contributed by atoms with Gasteiger partial charge in [-0.1, -0.05) is 6.92 Å². The third-order valence-electron chi connectivity index (χ3n) is 4.61. The number of benzene rings is 1. The number of hydrogen-bond donors (Lipinski definition) is 3. The molecule has 24 heavy (non-hydrogen) atoms. The molecule has 0 aliphatic carbocycles. The standard InChI is InChI=1S/C18H22O6/c1-4-18(17(23)6-11(3)20)9-24-16-8-15(22)14(21)7-12(16)13(18)5-10(2)19/h6-8,13,21-23H,4-5,9H2,1-3H3. The fraction of sp³-hybridized carbons (Fsp3) is 0.444. The van der Waals surface area contributed by atoms with Gasteiger partial charge in [0.05, 0.1) is 5.41 Å². The third-order valence-corrected chi connectivity index (χ3v) is 4.61. The molecule has 0 aromatic heterocycles. The molecule has 1 aliphatic rings. The van der Waals surface area contributed by atoms with E-state index in [-0.39, 0.29) is 41.9 Å². The van der Waals surface area contributed by atoms with E-state index in [4.69, 9.17) is 4.74 Å². The maximum atomic E-state index is 11.8. The van der Waals surface area contributed by atoms with Gasteiger partial charge in [0.2, 0.25) is 0 Å². The second-order valence-electron chi connectivity index (χ2n) is 6.28. The predicted octanol–water partition coefficient (Wildman–Crippen LogP) is 2.98. The quantitative estimate of drug-likeness (QED) is 0.434. The van der Waals surface area contributed by atoms with Crippen molar-refractivity contribution < 1.29 is 29.6 Å². The van der Waals surface area contributed by atoms with Crippen molar-refractivity contribution in [1.29, 1.82) is 0 Å². The van der Waals surface area contributed by atoms with Crippen molar-refractivity contribution in [1.82, 2.24) is 0 Å². The van der Waals surface area contributed by atoms with Crippen LogP contribution < -0.4 is 4.74 Å². The summed E-state index contributed by atoms with van der Waals surface area (Å²) in [6, 6.07) is 2.64. The molecule has 1 aromatic carbocycles. The van der Waals surface area contributed by atoms with Crippen LogP contribution in [0.4, 0.5) is 0 Å². The molecule has 130 valence electrons. The van der Waals surface area contributed by atoms with Crippen LogP contribution in [0.25, 0.3) is 0 Å². The molecule has 1 aliphatic heterocycles. The van der Waals surface area contributed by atoms with E-state index in [2.05, 4.69) is 0 Å². The van der Waals surface area contributed by atoms with Crippen LogP contribution in [0.5, 0.6) is 17.2 Å². The van der Waals surface area contributed by atoms with Crippen molar-refractivity contribution >= 4 is 11.6 Å². The van der Waals surface area contributed by atoms with Crippen LogP contribution in [-0.2, 0) is 9.59 Å². The molecular formula is C18H22O6. The van der Waals surface area contributed by atoms with Crippen LogP contribution in [0.1, 0.15) is 45.1 Å². The lowest BCUT2D eigenvalue weighted by atomic mass is 9.65. The third kappa shape index (κ3) is 3.09. The van der Waals surface area contributed by atoms with Crippen molar-refractivity contribution in [2.24, 2.45) is 5.41 Å². The molecule has 2 rings (SSSR count). The number of allylic oxidation sites excluding steroid dienone is 1. The maximum absolute atomic E-state index is 11.8. The fourth-order valence-corrected chi connectivity index (χ4v) is 3.29. The average Bonchev–Trinajstić information content (AvgIpc) is 2.48. The summed E-state index contributed by atoms with van der Waals surface area (Å²) in [5, 5.41) is 30.1. The van der Waals surface area contributed by atoms with Gasteiger partial charge in [-0.25, -0.2) is 0 Å². The molecule has 1 heterocycles. The Labute approximate surface area is 140 Å². The normalized spacial score (nSPS) is 23.3. The zero-order valence-corrected chi connectivity index (χ0v) is 14.0. The van der Waals surface area contributed by atoms with Gasteiger partial charge in [-0.3, -0.25) is 4.79 Å². The molecule has 0 fully saturated rings. The lowest BCUT2D eigenvalue weighted by Gasteiger charge is -2.43. The van der Waals surface area contributed by atoms with Gasteiger partial charge in [0.25, 0.3) is 0 Å². The minimum atomic E-state index is -0.951. The zero-order chi connectivity index (χ0) is 18.1. The Morgan fingerprint density at radius 1 is 1.29 bits per heavy atom. The number of phenols is 2. The second-order valence-corrected chi connectivity index (χ2v) is 6.28. The summed E-state index contributed by atoms with van der Waals surface area (Å²) in [7, 11) is 0. The molecule has 2 unspecified atom stereocenters. The number of carbonyl (C=O) groups is 2. The Balaban J connectivity index is 2.65. The number of phenolic OH excluding ortho intramolecular Hbond substituents is 2. The van der Waals surface area contributed by atoms with E-state index in [0.29, 0.717) is 17.7 Å². The molecule has 0 bridgehead atoms. The van der Waals surface area contributed by atoms with Crippen molar-refractivity contribution in [3.63, 3.8) is 0 Å². The Morgan fingerprint density at radius 2 is 1.92 bits per heavy atom. The Hall–Kier alpha value is -2.50. The smallest absolute Gasteiger partial charge is 0.161 e. The van der Waals surface area contributed by atoms with E-state index in [1.807, 2.05) is 6.92 Å². The first kappa shape index (κ1) is 17.8. The van der Waals surface area contributed by atoms with E-state index < -0.39 is 11.3 Å². The first-order valence-corrected chi connectivity index (χ1v) is 7.81. The van der Waals surface area contributed by atoms with Crippen LogP contribution in [0.3, 0.4) is 0 Å². The summed E-state index contributed by atoms with van der Waals surface area (Å²) in [5.74, 6) is -1.30. The predicted molar refractivity (Wildman–Crippen MR) is 87.4 cm³/mol. The van der Waals surface area contributed by atoms with Crippen molar-refractivity contribution in [3.05, 3.63) is 29.5 Å². The van der Waals surface area contributed by atoms with E-state index in [0.717, 1.165) is 6.08 Å². The monoisotopic (exact) mass is 334 g/mol. The number of aliphatic hydroxyl groups is 1. The molecule has 0 spiro atoms. The highest BCUT2D eigenvalue weighted by molar-refractivity contribution is 5.88. The first-order valence-electron chi connectivity index (χ1n) is 7.81. The van der Waals surface area contributed by atoms with Crippen LogP contribution in [-0.4, -0.2) is 33.5 Å². The number of fused-ring (bicyclic) bond motifs is 1. The number of hydrogen-bond acceptors (Lipinski definition) is 6. The molecule has 6 heteroatoms. The van der Waals surface area contributed by atoms with Crippen LogP contribution in [0, 0.1) is 5.41 Å². The number of ether oxygens (including phenoxy) is 1. The largest absolute Gasteiger partial charge is 0.511 e. The maximum Gasteiger partial charge on any atom is 0.161 e. The molecule has 0 saturated carbocycles. The van der Waals surface area contributed by atoms with Gasteiger partial charge in [-0.05, 0) is 26.3 Å². The van der Waals surface area contributed by atoms with Gasteiger partial charge >= 0.3 is 0 Å². The molecule has 3 N–H and O–H groups in total. The van der Waals surface area contributed by atoms with Gasteiger partial charge in [0, 0.05) is 30.0 Å². The summed E-state index contributed by atoms with van der Waals surface area (Å²) in [6.07, 6.45) is 1.69. The van der Waals surface area contributed by atoms with Gasteiger partial charge in [0.15, 0.2) is 17.3 Å². The minimum absolute atomic E-state index is 0.0638. The number of rotatable bonds is 5. The summed E-state index contributed by atoms with van der Waals surface area (Å²) in [4.78, 5) is 23.2. The lowest BCUT2D eigenvalue weighted by molar-refractivity contribution is -0.118. The Kier molecular flexibility index (Phi) is 4.87. The SMILES string of the molecule is CCC1(C(O)=CC(C)=O)COc2cc(O)c(O)cc2C1CC(C)=O. The molecule has 0 amide bonds. The fourth-order valence-electron chi connectivity index (χ4n) is 3.29. The molecule has 6 nitrogen and oxygen atoms in total. The van der Waals surface area contributed by atoms with Gasteiger partial charge in [0.1, 0.15) is 23.9 Å². The zero-order valence-electron chi connectivity index (χ0n) is 14.0. The van der Waals surface area contributed by atoms with Crippen LogP contribution in [0.15, 0.2) is 24.0 Å². The highest BCUT2D eigenvalue weighted by atomic mass is 16.5. The Morgan fingerprint density at radius 3 is 2.46 bits per heavy atom. The molecular weight excluding hydrogens is 312 g/mol. The van der Waals surface area contributed by atoms with Crippen LogP contribution in [0.2, 0.25) is 0 Å². The molecule has 1 aromatic rings. The summed E-state index contributed by atoms with van der Waals surface area (Å²) < 4.78 is 5.69. The second kappa shape index (κ2) is 6.55. The lowest BCUT2D eigenvalue weighted by Crippen LogP contribution is -2.41. The Bertz CT molecular complexity index is 706. The molecule has 0 saturated heterocycles. The number of aliphatic hydroxyl groups excluding tert-OH is 1. The number of aromatic hydroxyl groups is 2. The topological polar surface area (TPSA) is 104 Å². The summed E-state index contributed by atoms with van der Waals surface area (Å²) in [6.45, 7) is 4.68. The summed E-state index contributed by atoms with van der Waals surface area (Å²) in [5.41, 5.74) is -0.426. The number of carbonyl (C=O) groups excluding carboxylic acids is 2. The van der Waals surface area contributed by atoms with Gasteiger partial charge < -0.3 is 24.9 Å². The number of Topliss-reactive ketones (excluding diaryl/α,β-unsaturated/α-hetero) is 1. The van der Waals surface area contributed by atoms with Gasteiger partial charge in [-0.2, -0.15) is 0 Å². The van der Waals surface area contributed by atoms with Crippen molar-refractivity contribution in [2.45, 2.75) is 39.5 Å². The van der Waals surface area contributed by atoms with E-state index in [1.165, 1.54) is 26.0 Å². The molecule has 2 atom stereocenters. The summed E-state index contributed by atoms with van der Waals surface area (Å²) >= 11 is 0.